The topological polar surface area (TPSA) is 279 Å². The maximum Gasteiger partial charge on any atom is 0.417 e. The van der Waals surface area contributed by atoms with Crippen LogP contribution in [0.15, 0.2) is 18.2 Å². The van der Waals surface area contributed by atoms with Crippen molar-refractivity contribution in [3.8, 4) is 0 Å². The van der Waals surface area contributed by atoms with E-state index < -0.39 is 167 Å². The minimum Gasteiger partial charge on any atom is -0.376 e. The molecule has 1 spiro atoms. The van der Waals surface area contributed by atoms with Crippen molar-refractivity contribution < 1.29 is 75.4 Å². The Morgan fingerprint density at radius 2 is 1.26 bits per heavy atom. The Balaban J connectivity index is 1.27. The number of carbonyl (C=O) groups is 12. The molecule has 3 saturated carbocycles. The summed E-state index contributed by atoms with van der Waals surface area (Å²) in [4.78, 5) is 190. The van der Waals surface area contributed by atoms with Gasteiger partial charge in [-0.2, -0.15) is 13.2 Å². The first kappa shape index (κ1) is 80.2. The maximum absolute atomic E-state index is 15.5. The molecule has 25 nitrogen and oxygen atoms in total. The van der Waals surface area contributed by atoms with Gasteiger partial charge >= 0.3 is 6.18 Å². The first-order chi connectivity index (χ1) is 47.2. The lowest BCUT2D eigenvalue weighted by molar-refractivity contribution is -0.157. The molecule has 3 saturated heterocycles. The van der Waals surface area contributed by atoms with E-state index in [1.54, 1.807) is 11.8 Å². The van der Waals surface area contributed by atoms with E-state index in [0.717, 1.165) is 70.3 Å². The summed E-state index contributed by atoms with van der Waals surface area (Å²) in [5.74, 6) is -8.74. The molecule has 6 fully saturated rings. The van der Waals surface area contributed by atoms with Gasteiger partial charge in [0.05, 0.1) is 49.4 Å². The van der Waals surface area contributed by atoms with E-state index in [1.165, 1.54) is 75.0 Å². The number of piperidine rings is 1. The zero-order chi connectivity index (χ0) is 73.7. The zero-order valence-corrected chi connectivity index (χ0v) is 61.2. The number of nitrogens with zero attached hydrogens (tertiary/aromatic N) is 9. The Morgan fingerprint density at radius 3 is 1.87 bits per heavy atom. The fourth-order valence-corrected chi connectivity index (χ4v) is 14.9. The van der Waals surface area contributed by atoms with Crippen molar-refractivity contribution in [1.29, 1.82) is 0 Å². The van der Waals surface area contributed by atoms with Crippen LogP contribution in [-0.2, 0) is 74.9 Å². The van der Waals surface area contributed by atoms with Crippen LogP contribution in [0, 0.1) is 17.8 Å². The molecule has 3 heterocycles. The molecule has 3 N–H and O–H groups in total. The number of amides is 12. The van der Waals surface area contributed by atoms with Crippen LogP contribution in [0.4, 0.5) is 13.2 Å². The van der Waals surface area contributed by atoms with Crippen molar-refractivity contribution >= 4 is 82.5 Å². The second-order valence-electron chi connectivity index (χ2n) is 29.4. The van der Waals surface area contributed by atoms with Crippen LogP contribution in [-0.4, -0.2) is 264 Å². The Labute approximate surface area is 591 Å². The fourth-order valence-electron chi connectivity index (χ4n) is 14.6. The normalized spacial score (nSPS) is 26.6. The number of carbonyl (C=O) groups excluding carboxylic acids is 12. The highest BCUT2D eigenvalue weighted by Gasteiger charge is 2.51. The molecular weight excluding hydrogens is 1320 g/mol. The van der Waals surface area contributed by atoms with Crippen LogP contribution in [0.25, 0.3) is 0 Å². The average Bonchev–Trinajstić information content (AvgIpc) is 1.49. The van der Waals surface area contributed by atoms with E-state index in [-0.39, 0.29) is 76.0 Å². The van der Waals surface area contributed by atoms with Crippen LogP contribution < -0.4 is 16.0 Å². The first-order valence-electron chi connectivity index (χ1n) is 36.0. The highest BCUT2D eigenvalue weighted by atomic mass is 35.5. The molecule has 8 atom stereocenters. The van der Waals surface area contributed by atoms with Crippen LogP contribution in [0.1, 0.15) is 174 Å². The molecule has 1 aromatic rings. The number of hydrogen-bond acceptors (Lipinski definition) is 13. The van der Waals surface area contributed by atoms with Crippen LogP contribution >= 0.6 is 11.6 Å². The fraction of sp³-hybridized carbons (Fsp3) is 0.746. The minimum atomic E-state index is -4.76. The van der Waals surface area contributed by atoms with E-state index in [1.807, 2.05) is 20.8 Å². The van der Waals surface area contributed by atoms with E-state index >= 15 is 24.0 Å². The molecule has 3 aliphatic carbocycles. The molecule has 0 unspecified atom stereocenters. The summed E-state index contributed by atoms with van der Waals surface area (Å²) in [5, 5.41) is 8.08. The largest absolute Gasteiger partial charge is 0.417 e. The number of likely N-dealkylation sites (tertiary alicyclic amines) is 1. The van der Waals surface area contributed by atoms with Gasteiger partial charge in [-0.15, -0.1) is 0 Å². The molecule has 29 heteroatoms. The second kappa shape index (κ2) is 35.7. The smallest absolute Gasteiger partial charge is 0.376 e. The van der Waals surface area contributed by atoms with Gasteiger partial charge in [-0.25, -0.2) is 0 Å². The van der Waals surface area contributed by atoms with Crippen molar-refractivity contribution in [3.05, 3.63) is 34.3 Å². The third-order valence-electron chi connectivity index (χ3n) is 21.4. The van der Waals surface area contributed by atoms with Crippen molar-refractivity contribution in [2.45, 2.75) is 229 Å². The summed E-state index contributed by atoms with van der Waals surface area (Å²) in [6.45, 7) is 6.01. The predicted octanol–water partition coefficient (Wildman–Crippen LogP) is 5.02. The number of nitrogens with one attached hydrogen (secondary N) is 3. The Morgan fingerprint density at radius 1 is 0.640 bits per heavy atom. The number of ether oxygens (including phenoxy) is 1. The lowest BCUT2D eigenvalue weighted by Gasteiger charge is -2.40. The number of benzene rings is 1. The molecular formula is C71H108ClF3N12O13. The number of aryl methyl sites for hydroxylation is 1. The van der Waals surface area contributed by atoms with Gasteiger partial charge in [0.25, 0.3) is 0 Å². The molecule has 0 aromatic heterocycles. The Hall–Kier alpha value is -7.10. The molecule has 7 rings (SSSR count). The molecule has 3 aliphatic heterocycles. The zero-order valence-electron chi connectivity index (χ0n) is 60.4. The molecule has 12 amide bonds. The molecule has 558 valence electrons. The molecule has 1 aromatic carbocycles. The summed E-state index contributed by atoms with van der Waals surface area (Å²) < 4.78 is 47.8. The van der Waals surface area contributed by atoms with Gasteiger partial charge < -0.3 is 64.8 Å². The average molecular weight is 1430 g/mol. The van der Waals surface area contributed by atoms with Gasteiger partial charge in [0, 0.05) is 69.0 Å². The highest BCUT2D eigenvalue weighted by Crippen LogP contribution is 2.37. The number of hydrogen-bond donors (Lipinski definition) is 3. The summed E-state index contributed by atoms with van der Waals surface area (Å²) in [6.07, 6.45) is 4.44. The Bertz CT molecular complexity index is 3120. The molecule has 0 radical (unpaired) electrons. The van der Waals surface area contributed by atoms with Crippen LogP contribution in [0.3, 0.4) is 0 Å². The van der Waals surface area contributed by atoms with E-state index in [2.05, 4.69) is 16.0 Å². The molecule has 100 heavy (non-hydrogen) atoms. The van der Waals surface area contributed by atoms with E-state index in [4.69, 9.17) is 16.3 Å². The standard InChI is InChI=1S/C71H108ClF3N12O13/c1-12-45(4)61-68(98)81(7)41-59(90)79(5)42-60(91)83(9)54(38-46-22-15-13-16-23-46)65(95)80(6)40-57(88)76-51(30-26-47-25-29-49(50(72)37-47)71(73,74)75)64(94)87-35-21-24-52(87)63(93)78-70(31-17-18-32-70)69(99)85(11)56(43-100-48-27-28-48)66(96)84(10)55(67(97)86-33-19-14-20-34-86)39-58(89)82(8)53(36-44(2)3)62(92)77-61/h25,29,37,44-46,48,51-56,61H,12-24,26-28,30-36,38-43H2,1-11H3,(H,76,88)(H,77,92)(H,78,93)/t45-,51-,52-,53-,54-,55-,56-,61-/m0/s1. The van der Waals surface area contributed by atoms with Gasteiger partial charge in [0.15, 0.2) is 0 Å². The summed E-state index contributed by atoms with van der Waals surface area (Å²) in [5.41, 5.74) is -2.40. The number of fused-ring (bicyclic) bond motifs is 1. The Kier molecular flexibility index (Phi) is 28.6. The number of alkyl halides is 3. The summed E-state index contributed by atoms with van der Waals surface area (Å²) in [7, 11) is 9.79. The maximum atomic E-state index is 15.5. The molecule has 0 bridgehead atoms. The van der Waals surface area contributed by atoms with E-state index in [0.29, 0.717) is 70.0 Å². The van der Waals surface area contributed by atoms with Crippen LogP contribution in [0.2, 0.25) is 5.02 Å². The monoisotopic (exact) mass is 1430 g/mol. The number of rotatable bonds is 13. The van der Waals surface area contributed by atoms with Crippen molar-refractivity contribution in [3.63, 3.8) is 0 Å². The highest BCUT2D eigenvalue weighted by molar-refractivity contribution is 6.31. The third kappa shape index (κ3) is 20.6. The minimum absolute atomic E-state index is 0.0152. The SMILES string of the molecule is CC[C@H](C)[C@@H]1NC(=O)[C@H](CC(C)C)N(C)C(=O)C[C@@H](C(=O)N2CCCCC2)N(C)C(=O)[C@H](COC2CC2)N(C)C(=O)C2(CCCC2)NC(=O)[C@@H]2CCCN2C(=O)[C@H](CCc2ccc(C(F)(F)F)c(Cl)c2)NC(=O)CN(C)C(=O)[C@H](CC2CCCCC2)N(C)C(=O)CN(C)C(=O)CN(C)C1=O. The van der Waals surface area contributed by atoms with Gasteiger partial charge in [0.1, 0.15) is 47.8 Å². The van der Waals surface area contributed by atoms with Crippen LogP contribution in [0.5, 0.6) is 0 Å². The summed E-state index contributed by atoms with van der Waals surface area (Å²) in [6, 6.07) is -5.90. The number of halogens is 4. The predicted molar refractivity (Wildman–Crippen MR) is 366 cm³/mol. The van der Waals surface area contributed by atoms with Gasteiger partial charge in [-0.05, 0) is 119 Å². The first-order valence-corrected chi connectivity index (χ1v) is 36.3. The van der Waals surface area contributed by atoms with Gasteiger partial charge in [-0.1, -0.05) is 96.7 Å². The van der Waals surface area contributed by atoms with E-state index in [9.17, 15) is 46.7 Å². The lowest BCUT2D eigenvalue weighted by Crippen LogP contribution is -2.65. The quantitative estimate of drug-likeness (QED) is 0.234. The van der Waals surface area contributed by atoms with Crippen molar-refractivity contribution in [2.75, 3.05) is 95.2 Å². The number of likely N-dealkylation sites (N-methyl/N-ethyl adjacent to an activating group) is 7. The van der Waals surface area contributed by atoms with Crippen molar-refractivity contribution in [1.82, 2.24) is 60.0 Å². The van der Waals surface area contributed by atoms with Gasteiger partial charge in [-0.3, -0.25) is 57.5 Å². The second-order valence-corrected chi connectivity index (χ2v) is 29.8. The third-order valence-corrected chi connectivity index (χ3v) is 21.7. The lowest BCUT2D eigenvalue weighted by atomic mass is 9.84. The van der Waals surface area contributed by atoms with Crippen molar-refractivity contribution in [2.24, 2.45) is 17.8 Å². The molecule has 6 aliphatic rings. The van der Waals surface area contributed by atoms with Gasteiger partial charge in [0.2, 0.25) is 70.9 Å². The summed E-state index contributed by atoms with van der Waals surface area (Å²) >= 11 is 6.15.